The predicted octanol–water partition coefficient (Wildman–Crippen LogP) is 3.45. The largest absolute Gasteiger partial charge is 0.352 e. The molecule has 0 spiro atoms. The smallest absolute Gasteiger partial charge is 0.262 e. The van der Waals surface area contributed by atoms with Gasteiger partial charge in [-0.25, -0.2) is 0 Å². The van der Waals surface area contributed by atoms with Crippen LogP contribution in [0.4, 0.5) is 0 Å². The number of carbonyl (C=O) groups excluding carboxylic acids is 1. The van der Waals surface area contributed by atoms with Crippen molar-refractivity contribution >= 4 is 45.0 Å². The van der Waals surface area contributed by atoms with Crippen LogP contribution < -0.4 is 15.8 Å². The Hall–Kier alpha value is -2.29. The van der Waals surface area contributed by atoms with Gasteiger partial charge in [-0.1, -0.05) is 28.1 Å². The Morgan fingerprint density at radius 3 is 2.55 bits per heavy atom. The van der Waals surface area contributed by atoms with Gasteiger partial charge in [-0.2, -0.15) is 0 Å². The van der Waals surface area contributed by atoms with Crippen molar-refractivity contribution in [1.82, 2.24) is 14.9 Å². The molecule has 1 amide bonds. The van der Waals surface area contributed by atoms with Gasteiger partial charge in [-0.15, -0.1) is 0 Å². The summed E-state index contributed by atoms with van der Waals surface area (Å²) in [5.74, 6) is -0.0579. The Bertz CT molecular complexity index is 1230. The molecule has 1 fully saturated rings. The zero-order chi connectivity index (χ0) is 23.2. The number of benzene rings is 2. The van der Waals surface area contributed by atoms with E-state index in [1.807, 2.05) is 24.3 Å². The molecule has 0 bridgehead atoms. The highest BCUT2D eigenvalue weighted by molar-refractivity contribution is 9.10. The lowest BCUT2D eigenvalue weighted by Gasteiger charge is -2.16. The molecular formula is C25H30BrN4O2S+. The number of aromatic amines is 1. The fraction of sp³-hybridized carbons (Fsp3) is 0.400. The first-order valence-electron chi connectivity index (χ1n) is 11.6. The number of fused-ring (bicyclic) bond motifs is 1. The number of hydrogen-bond donors (Lipinski definition) is 3. The van der Waals surface area contributed by atoms with E-state index in [-0.39, 0.29) is 11.5 Å². The molecule has 1 aliphatic heterocycles. The molecule has 4 rings (SSSR count). The van der Waals surface area contributed by atoms with E-state index in [0.29, 0.717) is 34.3 Å². The van der Waals surface area contributed by atoms with Crippen molar-refractivity contribution < 1.29 is 9.69 Å². The summed E-state index contributed by atoms with van der Waals surface area (Å²) < 4.78 is 2.76. The third-order valence-electron chi connectivity index (χ3n) is 6.30. The van der Waals surface area contributed by atoms with Crippen LogP contribution >= 0.6 is 28.1 Å². The minimum atomic E-state index is -0.136. The number of likely N-dealkylation sites (tertiary alicyclic amines) is 1. The predicted molar refractivity (Wildman–Crippen MR) is 138 cm³/mol. The number of nitrogens with zero attached hydrogens (tertiary/aromatic N) is 1. The van der Waals surface area contributed by atoms with Crippen LogP contribution in [-0.2, 0) is 6.54 Å². The van der Waals surface area contributed by atoms with E-state index < -0.39 is 0 Å². The Labute approximate surface area is 207 Å². The summed E-state index contributed by atoms with van der Waals surface area (Å²) in [4.78, 5) is 30.2. The summed E-state index contributed by atoms with van der Waals surface area (Å²) in [6.07, 6.45) is 6.35. The maximum atomic E-state index is 13.0. The highest BCUT2D eigenvalue weighted by Crippen LogP contribution is 2.16. The summed E-state index contributed by atoms with van der Waals surface area (Å²) in [6, 6.07) is 12.9. The molecule has 0 unspecified atom stereocenters. The van der Waals surface area contributed by atoms with E-state index in [4.69, 9.17) is 12.2 Å². The van der Waals surface area contributed by atoms with E-state index in [9.17, 15) is 9.59 Å². The average Bonchev–Trinajstić information content (AvgIpc) is 3.09. The van der Waals surface area contributed by atoms with E-state index >= 15 is 0 Å². The number of halogens is 1. The zero-order valence-corrected chi connectivity index (χ0v) is 21.1. The summed E-state index contributed by atoms with van der Waals surface area (Å²) in [5, 5.41) is 3.61. The van der Waals surface area contributed by atoms with E-state index in [1.165, 1.54) is 38.8 Å². The molecule has 0 atom stereocenters. The Morgan fingerprint density at radius 1 is 1.09 bits per heavy atom. The third-order valence-corrected chi connectivity index (χ3v) is 7.12. The summed E-state index contributed by atoms with van der Waals surface area (Å²) in [5.41, 5.74) is 2.12. The second-order valence-electron chi connectivity index (χ2n) is 8.73. The number of hydrogen-bond acceptors (Lipinski definition) is 3. The van der Waals surface area contributed by atoms with Crippen LogP contribution in [0.1, 0.15) is 48.0 Å². The lowest BCUT2D eigenvalue weighted by atomic mass is 10.1. The molecule has 1 saturated heterocycles. The number of nitrogens with one attached hydrogen (secondary N) is 3. The molecule has 33 heavy (non-hydrogen) atoms. The van der Waals surface area contributed by atoms with Crippen molar-refractivity contribution in [2.45, 2.75) is 38.6 Å². The molecule has 8 heteroatoms. The van der Waals surface area contributed by atoms with Gasteiger partial charge in [0.1, 0.15) is 0 Å². The monoisotopic (exact) mass is 529 g/mol. The summed E-state index contributed by atoms with van der Waals surface area (Å²) in [7, 11) is 0. The fourth-order valence-electron chi connectivity index (χ4n) is 4.43. The summed E-state index contributed by atoms with van der Waals surface area (Å²) >= 11 is 8.83. The number of rotatable bonds is 7. The summed E-state index contributed by atoms with van der Waals surface area (Å²) in [6.45, 7) is 4.68. The molecule has 2 aromatic carbocycles. The minimum Gasteiger partial charge on any atom is -0.352 e. The molecule has 2 heterocycles. The first-order chi connectivity index (χ1) is 16.0. The highest BCUT2D eigenvalue weighted by Gasteiger charge is 2.12. The molecule has 1 aromatic heterocycles. The van der Waals surface area contributed by atoms with Crippen LogP contribution in [0.3, 0.4) is 0 Å². The maximum absolute atomic E-state index is 13.0. The molecule has 0 radical (unpaired) electrons. The van der Waals surface area contributed by atoms with Crippen LogP contribution in [-0.4, -0.2) is 41.6 Å². The molecule has 0 aliphatic carbocycles. The Morgan fingerprint density at radius 2 is 1.82 bits per heavy atom. The molecule has 6 nitrogen and oxygen atoms in total. The second-order valence-corrected chi connectivity index (χ2v) is 10.0. The lowest BCUT2D eigenvalue weighted by molar-refractivity contribution is -0.899. The second kappa shape index (κ2) is 11.2. The van der Waals surface area contributed by atoms with E-state index in [0.717, 1.165) is 23.0 Å². The number of quaternary nitrogens is 1. The molecule has 1 aliphatic rings. The quantitative estimate of drug-likeness (QED) is 0.324. The SMILES string of the molecule is O=C(NCCC[NH+]1CCCCCC1)c1ccc(Cn2c(=S)[nH]c3ccc(Br)cc3c2=O)cc1. The van der Waals surface area contributed by atoms with Crippen molar-refractivity contribution in [3.8, 4) is 0 Å². The molecule has 3 aromatic rings. The molecule has 3 N–H and O–H groups in total. The van der Waals surface area contributed by atoms with Gasteiger partial charge >= 0.3 is 0 Å². The number of H-pyrrole nitrogens is 1. The fourth-order valence-corrected chi connectivity index (χ4v) is 5.05. The molecular weight excluding hydrogens is 500 g/mol. The average molecular weight is 531 g/mol. The van der Waals surface area contributed by atoms with Crippen LogP contribution in [0.2, 0.25) is 0 Å². The normalized spacial score (nSPS) is 14.8. The Balaban J connectivity index is 1.35. The number of carbonyl (C=O) groups is 1. The van der Waals surface area contributed by atoms with Crippen molar-refractivity contribution in [2.75, 3.05) is 26.2 Å². The van der Waals surface area contributed by atoms with Gasteiger partial charge in [-0.3, -0.25) is 14.2 Å². The third kappa shape index (κ3) is 6.19. The van der Waals surface area contributed by atoms with Crippen molar-refractivity contribution in [3.05, 3.63) is 73.2 Å². The van der Waals surface area contributed by atoms with Gasteiger partial charge in [0.15, 0.2) is 4.77 Å². The first-order valence-corrected chi connectivity index (χ1v) is 12.8. The van der Waals surface area contributed by atoms with Gasteiger partial charge in [0, 0.05) is 23.0 Å². The number of aromatic nitrogens is 2. The lowest BCUT2D eigenvalue weighted by Crippen LogP contribution is -3.11. The van der Waals surface area contributed by atoms with Crippen LogP contribution in [0.5, 0.6) is 0 Å². The molecule has 174 valence electrons. The van der Waals surface area contributed by atoms with Crippen molar-refractivity contribution in [1.29, 1.82) is 0 Å². The van der Waals surface area contributed by atoms with E-state index in [1.54, 1.807) is 27.7 Å². The van der Waals surface area contributed by atoms with Gasteiger partial charge in [0.25, 0.3) is 11.5 Å². The van der Waals surface area contributed by atoms with Crippen LogP contribution in [0.25, 0.3) is 10.9 Å². The van der Waals surface area contributed by atoms with Crippen LogP contribution in [0.15, 0.2) is 51.7 Å². The molecule has 0 saturated carbocycles. The van der Waals surface area contributed by atoms with Gasteiger partial charge in [-0.05, 0) is 73.8 Å². The topological polar surface area (TPSA) is 71.3 Å². The van der Waals surface area contributed by atoms with Gasteiger partial charge in [0.2, 0.25) is 0 Å². The zero-order valence-electron chi connectivity index (χ0n) is 18.7. The van der Waals surface area contributed by atoms with Crippen molar-refractivity contribution in [3.63, 3.8) is 0 Å². The van der Waals surface area contributed by atoms with Gasteiger partial charge < -0.3 is 15.2 Å². The minimum absolute atomic E-state index is 0.0579. The first kappa shape index (κ1) is 23.9. The Kier molecular flexibility index (Phi) is 8.11. The number of amides is 1. The maximum Gasteiger partial charge on any atom is 0.262 e. The van der Waals surface area contributed by atoms with Crippen LogP contribution in [0, 0.1) is 4.77 Å². The van der Waals surface area contributed by atoms with E-state index in [2.05, 4.69) is 26.2 Å². The van der Waals surface area contributed by atoms with Crippen molar-refractivity contribution in [2.24, 2.45) is 0 Å². The standard InChI is InChI=1S/C25H29BrN4O2S/c26-20-10-11-22-21(16-20)24(32)30(25(33)28-22)17-18-6-8-19(9-7-18)23(31)27-12-5-15-29-13-3-1-2-4-14-29/h6-11,16H,1-5,12-15,17H2,(H,27,31)(H,28,33)/p+1. The van der Waals surface area contributed by atoms with Gasteiger partial charge in [0.05, 0.1) is 37.1 Å². The highest BCUT2D eigenvalue weighted by atomic mass is 79.9.